The van der Waals surface area contributed by atoms with E-state index in [1.807, 2.05) is 6.07 Å². The van der Waals surface area contributed by atoms with Crippen LogP contribution in [0.25, 0.3) is 0 Å². The van der Waals surface area contributed by atoms with Crippen molar-refractivity contribution >= 4 is 16.1 Å². The largest absolute Gasteiger partial charge is 0.530 e. The summed E-state index contributed by atoms with van der Waals surface area (Å²) in [4.78, 5) is 13.3. The number of sulfonamides is 1. The van der Waals surface area contributed by atoms with Crippen LogP contribution in [-0.4, -0.2) is 91.1 Å². The molecule has 1 aliphatic rings. The van der Waals surface area contributed by atoms with E-state index < -0.39 is 46.4 Å². The molecule has 0 unspecified atom stereocenters. The van der Waals surface area contributed by atoms with Gasteiger partial charge >= 0.3 is 0 Å². The number of hydrogen-bond acceptors (Lipinski definition) is 8. The zero-order valence-electron chi connectivity index (χ0n) is 21.3. The minimum Gasteiger partial charge on any atom is -0.530 e. The molecule has 1 amide bonds. The van der Waals surface area contributed by atoms with Gasteiger partial charge in [0.1, 0.15) is 11.8 Å². The Morgan fingerprint density at radius 2 is 1.84 bits per heavy atom. The summed E-state index contributed by atoms with van der Waals surface area (Å²) in [6.45, 7) is 2.67. The maximum absolute atomic E-state index is 13.6. The Balaban J connectivity index is 1.97. The number of carbonyl (C=O) groups excluding carboxylic acids is 1. The van der Waals surface area contributed by atoms with E-state index in [0.29, 0.717) is 18.8 Å². The van der Waals surface area contributed by atoms with Gasteiger partial charge in [0.15, 0.2) is 0 Å². The molecule has 204 valence electrons. The highest BCUT2D eigenvalue weighted by molar-refractivity contribution is 7.89. The Kier molecular flexibility index (Phi) is 9.54. The molecule has 0 radical (unpaired) electrons. The summed E-state index contributed by atoms with van der Waals surface area (Å²) in [6, 6.07) is 13.2. The molecule has 1 saturated heterocycles. The van der Waals surface area contributed by atoms with E-state index >= 15 is 0 Å². The van der Waals surface area contributed by atoms with Crippen LogP contribution < -0.4 is 9.84 Å². The van der Waals surface area contributed by atoms with E-state index in [2.05, 4.69) is 0 Å². The normalized spacial score (nSPS) is 17.9. The predicted octanol–water partition coefficient (Wildman–Crippen LogP) is 0.863. The number of nitrogens with zero attached hydrogens (tertiary/aromatic N) is 2. The Morgan fingerprint density at radius 1 is 1.19 bits per heavy atom. The molecular formula is C26H35N2O8S-. The molecule has 2 aromatic carbocycles. The summed E-state index contributed by atoms with van der Waals surface area (Å²) in [5, 5.41) is 34.2. The Bertz CT molecular complexity index is 1110. The highest BCUT2D eigenvalue weighted by atomic mass is 32.2. The molecule has 0 bridgehead atoms. The van der Waals surface area contributed by atoms with Crippen LogP contribution in [0.5, 0.6) is 5.75 Å². The van der Waals surface area contributed by atoms with Gasteiger partial charge in [-0.15, -0.1) is 0 Å². The fraction of sp³-hybridized carbons (Fsp3) is 0.500. The van der Waals surface area contributed by atoms with Crippen LogP contribution in [0.15, 0.2) is 59.5 Å². The fourth-order valence-corrected chi connectivity index (χ4v) is 6.09. The molecule has 1 heterocycles. The molecule has 37 heavy (non-hydrogen) atoms. The first-order valence-corrected chi connectivity index (χ1v) is 13.5. The summed E-state index contributed by atoms with van der Waals surface area (Å²) in [7, 11) is -2.71. The summed E-state index contributed by atoms with van der Waals surface area (Å²) < 4.78 is 38.6. The molecule has 2 N–H and O–H groups in total. The number of benzene rings is 2. The van der Waals surface area contributed by atoms with Gasteiger partial charge in [0.05, 0.1) is 42.4 Å². The second kappa shape index (κ2) is 12.2. The van der Waals surface area contributed by atoms with Crippen molar-refractivity contribution in [3.05, 3.63) is 60.2 Å². The number of carbonyl (C=O) groups is 1. The summed E-state index contributed by atoms with van der Waals surface area (Å²) in [6.07, 6.45) is -2.34. The standard InChI is InChI=1S/C26H36N2O8S/c1-26(2,32)18-27(37(33,34)22-11-9-21(35-3)10-12-22)16-24(29)23(15-19-7-5-4-6-8-19)28(25(30)31)20-13-14-36-17-20/h4-12,20,23-24,29,32H,13-18H2,1-3H3,(H,30,31)/p-1/t20-,23-,24+/m0/s1. The van der Waals surface area contributed by atoms with Crippen molar-refractivity contribution in [1.82, 2.24) is 9.21 Å². The third-order valence-electron chi connectivity index (χ3n) is 6.25. The van der Waals surface area contributed by atoms with Crippen molar-refractivity contribution in [1.29, 1.82) is 0 Å². The van der Waals surface area contributed by atoms with Crippen molar-refractivity contribution < 1.29 is 38.0 Å². The van der Waals surface area contributed by atoms with Gasteiger partial charge in [-0.05, 0) is 56.5 Å². The molecule has 0 aromatic heterocycles. The molecule has 0 saturated carbocycles. The molecular weight excluding hydrogens is 500 g/mol. The lowest BCUT2D eigenvalue weighted by molar-refractivity contribution is -0.272. The molecule has 11 heteroatoms. The lowest BCUT2D eigenvalue weighted by Crippen LogP contribution is -2.60. The number of aliphatic hydroxyl groups excluding tert-OH is 1. The average molecular weight is 536 g/mol. The molecule has 3 rings (SSSR count). The molecule has 1 fully saturated rings. The number of aliphatic hydroxyl groups is 2. The Labute approximate surface area is 218 Å². The van der Waals surface area contributed by atoms with E-state index in [4.69, 9.17) is 9.47 Å². The van der Waals surface area contributed by atoms with E-state index in [9.17, 15) is 28.5 Å². The Morgan fingerprint density at radius 3 is 2.35 bits per heavy atom. The first-order chi connectivity index (χ1) is 17.4. The molecule has 1 aliphatic heterocycles. The van der Waals surface area contributed by atoms with E-state index in [1.54, 1.807) is 24.3 Å². The smallest absolute Gasteiger partial charge is 0.243 e. The highest BCUT2D eigenvalue weighted by Gasteiger charge is 2.38. The first kappa shape index (κ1) is 28.9. The van der Waals surface area contributed by atoms with Gasteiger partial charge in [0, 0.05) is 19.7 Å². The zero-order chi connectivity index (χ0) is 27.2. The van der Waals surface area contributed by atoms with Gasteiger partial charge in [-0.3, -0.25) is 0 Å². The predicted molar refractivity (Wildman–Crippen MR) is 134 cm³/mol. The van der Waals surface area contributed by atoms with Gasteiger partial charge in [-0.1, -0.05) is 30.3 Å². The number of carboxylic acid groups (broad SMARTS) is 1. The third kappa shape index (κ3) is 7.65. The van der Waals surface area contributed by atoms with Gasteiger partial charge in [0.2, 0.25) is 10.0 Å². The maximum Gasteiger partial charge on any atom is 0.243 e. The van der Waals surface area contributed by atoms with E-state index in [0.717, 1.165) is 14.8 Å². The fourth-order valence-electron chi connectivity index (χ4n) is 4.48. The SMILES string of the molecule is COc1ccc(S(=O)(=O)N(C[C@@H](O)[C@H](Cc2ccccc2)N(C(=O)[O-])[C@H]2CCOC2)CC(C)(C)O)cc1. The summed E-state index contributed by atoms with van der Waals surface area (Å²) in [5.74, 6) is 0.472. The number of amides is 1. The second-order valence-corrected chi connectivity index (χ2v) is 11.7. The lowest BCUT2D eigenvalue weighted by atomic mass is 9.97. The molecule has 10 nitrogen and oxygen atoms in total. The molecule has 2 aromatic rings. The van der Waals surface area contributed by atoms with Gasteiger partial charge in [0.25, 0.3) is 0 Å². The first-order valence-electron chi connectivity index (χ1n) is 12.1. The van der Waals surface area contributed by atoms with Crippen LogP contribution in [0.2, 0.25) is 0 Å². The van der Waals surface area contributed by atoms with Crippen molar-refractivity contribution in [3.63, 3.8) is 0 Å². The Hall–Kier alpha value is -2.70. The van der Waals surface area contributed by atoms with Crippen LogP contribution >= 0.6 is 0 Å². The molecule has 3 atom stereocenters. The summed E-state index contributed by atoms with van der Waals surface area (Å²) in [5.41, 5.74) is -0.662. The van der Waals surface area contributed by atoms with Crippen molar-refractivity contribution in [2.75, 3.05) is 33.4 Å². The van der Waals surface area contributed by atoms with Crippen LogP contribution in [0.1, 0.15) is 25.8 Å². The lowest BCUT2D eigenvalue weighted by Gasteiger charge is -2.42. The van der Waals surface area contributed by atoms with Crippen molar-refractivity contribution in [3.8, 4) is 5.75 Å². The van der Waals surface area contributed by atoms with Crippen LogP contribution in [-0.2, 0) is 21.2 Å². The number of hydrogen-bond donors (Lipinski definition) is 2. The van der Waals surface area contributed by atoms with Crippen LogP contribution in [0.3, 0.4) is 0 Å². The minimum absolute atomic E-state index is 0.0506. The minimum atomic E-state index is -4.17. The van der Waals surface area contributed by atoms with Gasteiger partial charge in [-0.25, -0.2) is 8.42 Å². The second-order valence-electron chi connectivity index (χ2n) is 9.80. The maximum atomic E-state index is 13.6. The topological polar surface area (TPSA) is 140 Å². The third-order valence-corrected chi connectivity index (χ3v) is 8.08. The van der Waals surface area contributed by atoms with E-state index in [-0.39, 0.29) is 24.5 Å². The van der Waals surface area contributed by atoms with Gasteiger partial charge in [-0.2, -0.15) is 4.31 Å². The van der Waals surface area contributed by atoms with Gasteiger partial charge < -0.3 is 34.5 Å². The van der Waals surface area contributed by atoms with Crippen molar-refractivity contribution in [2.45, 2.75) is 55.4 Å². The number of rotatable bonds is 12. The van der Waals surface area contributed by atoms with Crippen LogP contribution in [0, 0.1) is 0 Å². The van der Waals surface area contributed by atoms with E-state index in [1.165, 1.54) is 45.2 Å². The zero-order valence-corrected chi connectivity index (χ0v) is 22.1. The average Bonchev–Trinajstić information content (AvgIpc) is 3.37. The quantitative estimate of drug-likeness (QED) is 0.408. The number of methoxy groups -OCH3 is 1. The van der Waals surface area contributed by atoms with Crippen LogP contribution in [0.4, 0.5) is 4.79 Å². The molecule has 0 aliphatic carbocycles. The number of ether oxygens (including phenoxy) is 2. The highest BCUT2D eigenvalue weighted by Crippen LogP contribution is 2.25. The van der Waals surface area contributed by atoms with Crippen molar-refractivity contribution in [2.24, 2.45) is 0 Å². The molecule has 0 spiro atoms. The summed E-state index contributed by atoms with van der Waals surface area (Å²) >= 11 is 0. The monoisotopic (exact) mass is 535 g/mol.